The Bertz CT molecular complexity index is 1730. The van der Waals surface area contributed by atoms with Crippen LogP contribution in [0, 0.1) is 5.92 Å². The maximum atomic E-state index is 13.7. The van der Waals surface area contributed by atoms with Crippen LogP contribution in [-0.4, -0.2) is 76.0 Å². The van der Waals surface area contributed by atoms with Crippen molar-refractivity contribution in [2.45, 2.75) is 49.8 Å². The molecule has 0 unspecified atom stereocenters. The number of hydrogen-bond acceptors (Lipinski definition) is 8. The van der Waals surface area contributed by atoms with E-state index >= 15 is 0 Å². The zero-order chi connectivity index (χ0) is 33.0. The molecule has 2 fully saturated rings. The summed E-state index contributed by atoms with van der Waals surface area (Å²) in [6.07, 6.45) is 2.27. The van der Waals surface area contributed by atoms with Gasteiger partial charge >= 0.3 is 0 Å². The third-order valence-corrected chi connectivity index (χ3v) is 9.70. The van der Waals surface area contributed by atoms with Crippen LogP contribution >= 0.6 is 0 Å². The highest BCUT2D eigenvalue weighted by atomic mass is 32.2. The summed E-state index contributed by atoms with van der Waals surface area (Å²) in [7, 11) is -3.68. The van der Waals surface area contributed by atoms with Gasteiger partial charge in [-0.25, -0.2) is 13.1 Å². The predicted molar refractivity (Wildman–Crippen MR) is 172 cm³/mol. The van der Waals surface area contributed by atoms with Crippen LogP contribution in [-0.2, 0) is 21.4 Å². The average molecular weight is 663 g/mol. The maximum Gasteiger partial charge on any atom is 0.258 e. The second-order valence-electron chi connectivity index (χ2n) is 12.0. The number of fused-ring (bicyclic) bond motifs is 7. The SMILES string of the molecule is CCCNS(=O)(=O)c1ccc(C(=O)N2C[C@@H]3NC(=O)c4cc(cc(OCC5CC5)c4)OCC(=O)NCc4ccc(cc4)O[C@H]3C2)cc1. The number of amides is 3. The van der Waals surface area contributed by atoms with E-state index in [1.807, 2.05) is 19.1 Å². The fourth-order valence-electron chi connectivity index (χ4n) is 5.36. The van der Waals surface area contributed by atoms with Gasteiger partial charge in [-0.3, -0.25) is 14.4 Å². The van der Waals surface area contributed by atoms with E-state index in [-0.39, 0.29) is 42.0 Å². The Labute approximate surface area is 273 Å². The van der Waals surface area contributed by atoms with Crippen LogP contribution < -0.4 is 29.6 Å². The largest absolute Gasteiger partial charge is 0.493 e. The standard InChI is InChI=1S/C34H38N4O8S/c1-2-13-36-47(42,43)29-11-7-24(8-12-29)34(41)38-18-30-31(19-38)46-26-9-5-22(6-10-26)17-35-32(39)21-45-28-15-25(33(40)37-30)14-27(16-28)44-20-23-3-4-23/h5-12,14-16,23,30-31,36H,2-4,13,17-21H2,1H3,(H,35,39)(H,37,40)/t30-,31-/m0/s1. The zero-order valence-electron chi connectivity index (χ0n) is 26.1. The van der Waals surface area contributed by atoms with Gasteiger partial charge in [-0.15, -0.1) is 0 Å². The zero-order valence-corrected chi connectivity index (χ0v) is 26.9. The number of nitrogens with zero attached hydrogens (tertiary/aromatic N) is 1. The van der Waals surface area contributed by atoms with Crippen LogP contribution in [0.1, 0.15) is 52.5 Å². The Balaban J connectivity index is 1.25. The smallest absolute Gasteiger partial charge is 0.258 e. The van der Waals surface area contributed by atoms with E-state index in [9.17, 15) is 22.8 Å². The number of carbonyl (C=O) groups excluding carboxylic acids is 3. The van der Waals surface area contributed by atoms with Crippen LogP contribution in [0.4, 0.5) is 0 Å². The normalized spacial score (nSPS) is 19.9. The molecule has 248 valence electrons. The van der Waals surface area contributed by atoms with Gasteiger partial charge in [0.25, 0.3) is 17.7 Å². The van der Waals surface area contributed by atoms with Crippen molar-refractivity contribution < 1.29 is 37.0 Å². The van der Waals surface area contributed by atoms with Crippen molar-refractivity contribution >= 4 is 27.7 Å². The summed E-state index contributed by atoms with van der Waals surface area (Å²) in [5.41, 5.74) is 1.45. The molecule has 3 aromatic rings. The number of likely N-dealkylation sites (tertiary alicyclic amines) is 1. The second kappa shape index (κ2) is 14.0. The van der Waals surface area contributed by atoms with E-state index in [0.29, 0.717) is 54.8 Å². The first-order valence-electron chi connectivity index (χ1n) is 15.8. The Hall–Kier alpha value is -4.62. The van der Waals surface area contributed by atoms with Crippen molar-refractivity contribution in [1.82, 2.24) is 20.3 Å². The van der Waals surface area contributed by atoms with Gasteiger partial charge in [-0.05, 0) is 79.3 Å². The Morgan fingerprint density at radius 3 is 2.49 bits per heavy atom. The molecule has 3 N–H and O–H groups in total. The number of nitrogens with one attached hydrogen (secondary N) is 3. The third kappa shape index (κ3) is 8.22. The highest BCUT2D eigenvalue weighted by Crippen LogP contribution is 2.31. The van der Waals surface area contributed by atoms with Gasteiger partial charge in [0.1, 0.15) is 23.4 Å². The molecule has 3 amide bonds. The summed E-state index contributed by atoms with van der Waals surface area (Å²) in [5.74, 6) is 0.757. The van der Waals surface area contributed by atoms with Crippen LogP contribution in [0.2, 0.25) is 0 Å². The molecule has 7 rings (SSSR count). The summed E-state index contributed by atoms with van der Waals surface area (Å²) >= 11 is 0. The Morgan fingerprint density at radius 2 is 1.77 bits per heavy atom. The number of rotatable bonds is 8. The molecule has 4 aliphatic rings. The minimum Gasteiger partial charge on any atom is -0.493 e. The Kier molecular flexibility index (Phi) is 9.64. The van der Waals surface area contributed by atoms with Crippen molar-refractivity contribution in [3.8, 4) is 17.2 Å². The van der Waals surface area contributed by atoms with Crippen LogP contribution in [0.5, 0.6) is 17.2 Å². The first kappa shape index (κ1) is 32.3. The lowest BCUT2D eigenvalue weighted by Gasteiger charge is -2.21. The van der Waals surface area contributed by atoms with E-state index in [1.54, 1.807) is 35.2 Å². The van der Waals surface area contributed by atoms with E-state index in [4.69, 9.17) is 14.2 Å². The molecule has 0 aromatic heterocycles. The van der Waals surface area contributed by atoms with E-state index < -0.39 is 28.1 Å². The van der Waals surface area contributed by atoms with Crippen molar-refractivity contribution in [2.24, 2.45) is 5.92 Å². The molecule has 47 heavy (non-hydrogen) atoms. The van der Waals surface area contributed by atoms with Crippen molar-refractivity contribution in [3.63, 3.8) is 0 Å². The van der Waals surface area contributed by atoms with Crippen LogP contribution in [0.25, 0.3) is 0 Å². The number of ether oxygens (including phenoxy) is 3. The number of carbonyl (C=O) groups is 3. The average Bonchev–Trinajstić information content (AvgIpc) is 3.84. The van der Waals surface area contributed by atoms with E-state index in [2.05, 4.69) is 15.4 Å². The molecular formula is C34H38N4O8S. The van der Waals surface area contributed by atoms with Gasteiger partial charge in [-0.2, -0.15) is 0 Å². The molecule has 13 heteroatoms. The summed E-state index contributed by atoms with van der Waals surface area (Å²) in [5, 5.41) is 5.86. The molecular weight excluding hydrogens is 624 g/mol. The van der Waals surface area contributed by atoms with Crippen molar-refractivity contribution in [2.75, 3.05) is 32.8 Å². The molecule has 1 saturated heterocycles. The third-order valence-electron chi connectivity index (χ3n) is 8.22. The topological polar surface area (TPSA) is 152 Å². The maximum absolute atomic E-state index is 13.7. The molecule has 3 aromatic carbocycles. The fraction of sp³-hybridized carbons (Fsp3) is 0.382. The summed E-state index contributed by atoms with van der Waals surface area (Å²) in [6.45, 7) is 3.11. The monoisotopic (exact) mass is 662 g/mol. The molecule has 0 spiro atoms. The van der Waals surface area contributed by atoms with Gasteiger partial charge in [0.15, 0.2) is 6.61 Å². The highest BCUT2D eigenvalue weighted by molar-refractivity contribution is 7.89. The lowest BCUT2D eigenvalue weighted by atomic mass is 10.1. The van der Waals surface area contributed by atoms with Gasteiger partial charge in [0, 0.05) is 36.8 Å². The quantitative estimate of drug-likeness (QED) is 0.333. The number of benzene rings is 3. The van der Waals surface area contributed by atoms with Gasteiger partial charge in [-0.1, -0.05) is 19.1 Å². The molecule has 4 bridgehead atoms. The predicted octanol–water partition coefficient (Wildman–Crippen LogP) is 2.87. The molecule has 12 nitrogen and oxygen atoms in total. The lowest BCUT2D eigenvalue weighted by Crippen LogP contribution is -2.45. The first-order chi connectivity index (χ1) is 22.7. The molecule has 2 atom stereocenters. The number of hydrogen-bond donors (Lipinski definition) is 3. The lowest BCUT2D eigenvalue weighted by molar-refractivity contribution is -0.123. The van der Waals surface area contributed by atoms with Crippen LogP contribution in [0.15, 0.2) is 71.6 Å². The Morgan fingerprint density at radius 1 is 1.00 bits per heavy atom. The summed E-state index contributed by atoms with van der Waals surface area (Å²) < 4.78 is 45.6. The van der Waals surface area contributed by atoms with Gasteiger partial charge < -0.3 is 29.7 Å². The second-order valence-corrected chi connectivity index (χ2v) is 13.8. The molecule has 3 heterocycles. The fourth-order valence-corrected chi connectivity index (χ4v) is 6.49. The minimum absolute atomic E-state index is 0.0737. The molecule has 1 aliphatic carbocycles. The number of sulfonamides is 1. The summed E-state index contributed by atoms with van der Waals surface area (Å²) in [6, 6.07) is 17.3. The van der Waals surface area contributed by atoms with Crippen molar-refractivity contribution in [1.29, 1.82) is 0 Å². The van der Waals surface area contributed by atoms with Crippen molar-refractivity contribution in [3.05, 3.63) is 83.4 Å². The summed E-state index contributed by atoms with van der Waals surface area (Å²) in [4.78, 5) is 41.4. The molecule has 1 saturated carbocycles. The highest BCUT2D eigenvalue weighted by Gasteiger charge is 2.38. The minimum atomic E-state index is -3.68. The van der Waals surface area contributed by atoms with E-state index in [0.717, 1.165) is 18.4 Å². The first-order valence-corrected chi connectivity index (χ1v) is 17.3. The van der Waals surface area contributed by atoms with Crippen LogP contribution in [0.3, 0.4) is 0 Å². The molecule has 0 radical (unpaired) electrons. The van der Waals surface area contributed by atoms with Gasteiger partial charge in [0.05, 0.1) is 24.1 Å². The van der Waals surface area contributed by atoms with E-state index in [1.165, 1.54) is 24.3 Å². The van der Waals surface area contributed by atoms with Gasteiger partial charge in [0.2, 0.25) is 10.0 Å². The molecule has 3 aliphatic heterocycles.